The monoisotopic (exact) mass is 414 g/mol. The molecule has 2 aromatic heterocycles. The van der Waals surface area contributed by atoms with Crippen molar-refractivity contribution in [1.29, 1.82) is 0 Å². The molecular formula is C22H30N4O4. The molecule has 30 heavy (non-hydrogen) atoms. The van der Waals surface area contributed by atoms with E-state index in [1.165, 1.54) is 4.90 Å². The van der Waals surface area contributed by atoms with E-state index in [0.29, 0.717) is 36.3 Å². The first-order valence-corrected chi connectivity index (χ1v) is 10.2. The Hall–Kier alpha value is -3.16. The molecule has 0 aliphatic heterocycles. The van der Waals surface area contributed by atoms with Gasteiger partial charge in [0.15, 0.2) is 5.78 Å². The molecule has 2 aromatic rings. The maximum atomic E-state index is 13.3. The van der Waals surface area contributed by atoms with Crippen LogP contribution in [0.3, 0.4) is 0 Å². The number of esters is 1. The second-order valence-corrected chi connectivity index (χ2v) is 6.99. The van der Waals surface area contributed by atoms with Gasteiger partial charge >= 0.3 is 12.0 Å². The lowest BCUT2D eigenvalue weighted by Crippen LogP contribution is -2.49. The second-order valence-electron chi connectivity index (χ2n) is 6.99. The fourth-order valence-corrected chi connectivity index (χ4v) is 3.38. The van der Waals surface area contributed by atoms with Gasteiger partial charge < -0.3 is 19.9 Å². The van der Waals surface area contributed by atoms with Crippen LogP contribution in [0.4, 0.5) is 4.79 Å². The Balaban J connectivity index is 2.28. The van der Waals surface area contributed by atoms with E-state index in [1.807, 2.05) is 25.1 Å². The summed E-state index contributed by atoms with van der Waals surface area (Å²) < 4.78 is 5.06. The summed E-state index contributed by atoms with van der Waals surface area (Å²) in [7, 11) is 0. The van der Waals surface area contributed by atoms with Gasteiger partial charge in [-0.3, -0.25) is 9.78 Å². The Morgan fingerprint density at radius 1 is 1.23 bits per heavy atom. The van der Waals surface area contributed by atoms with E-state index in [0.717, 1.165) is 5.69 Å². The summed E-state index contributed by atoms with van der Waals surface area (Å²) in [5.74, 6) is -0.732. The summed E-state index contributed by atoms with van der Waals surface area (Å²) in [5, 5.41) is 2.77. The number of aromatic nitrogens is 2. The topological polar surface area (TPSA) is 104 Å². The van der Waals surface area contributed by atoms with Crippen molar-refractivity contribution in [2.24, 2.45) is 0 Å². The van der Waals surface area contributed by atoms with Crippen LogP contribution in [0.2, 0.25) is 0 Å². The predicted molar refractivity (Wildman–Crippen MR) is 114 cm³/mol. The molecule has 162 valence electrons. The van der Waals surface area contributed by atoms with Crippen LogP contribution in [0.25, 0.3) is 0 Å². The number of nitrogens with one attached hydrogen (secondary N) is 2. The fraction of sp³-hybridized carbons (Fsp3) is 0.455. The number of H-pyrrole nitrogens is 1. The van der Waals surface area contributed by atoms with E-state index in [-0.39, 0.29) is 24.1 Å². The number of aromatic amines is 1. The first-order valence-electron chi connectivity index (χ1n) is 10.2. The van der Waals surface area contributed by atoms with Gasteiger partial charge in [-0.25, -0.2) is 9.59 Å². The van der Waals surface area contributed by atoms with E-state index in [2.05, 4.69) is 15.3 Å². The molecule has 0 bridgehead atoms. The van der Waals surface area contributed by atoms with E-state index in [4.69, 9.17) is 4.74 Å². The standard InChI is InChI=1S/C22H30N4O4/c1-6-23-22(29)26(13-11-17-10-8-9-12-24-17)16(5)20(27)18-14(3)19(25-15(18)4)21(28)30-7-2/h8-10,12,16,25H,6-7,11,13H2,1-5H3,(H,23,29). The van der Waals surface area contributed by atoms with Crippen LogP contribution in [0.15, 0.2) is 24.4 Å². The molecular weight excluding hydrogens is 384 g/mol. The number of Topliss-reactive ketones (excluding diaryl/α,β-unsaturated/α-hetero) is 1. The molecule has 2 rings (SSSR count). The first kappa shape index (κ1) is 23.1. The summed E-state index contributed by atoms with van der Waals surface area (Å²) >= 11 is 0. The number of amides is 2. The van der Waals surface area contributed by atoms with Gasteiger partial charge in [0.1, 0.15) is 5.69 Å². The molecule has 2 amide bonds. The maximum absolute atomic E-state index is 13.3. The van der Waals surface area contributed by atoms with Gasteiger partial charge in [-0.2, -0.15) is 0 Å². The molecule has 0 spiro atoms. The number of nitrogens with zero attached hydrogens (tertiary/aromatic N) is 2. The average Bonchev–Trinajstić information content (AvgIpc) is 3.02. The number of aryl methyl sites for hydroxylation is 1. The number of carbonyl (C=O) groups is 3. The highest BCUT2D eigenvalue weighted by molar-refractivity contribution is 6.06. The van der Waals surface area contributed by atoms with Gasteiger partial charge in [0.2, 0.25) is 0 Å². The highest BCUT2D eigenvalue weighted by Gasteiger charge is 2.31. The van der Waals surface area contributed by atoms with Crippen LogP contribution >= 0.6 is 0 Å². The zero-order chi connectivity index (χ0) is 22.3. The van der Waals surface area contributed by atoms with Gasteiger partial charge in [-0.1, -0.05) is 6.07 Å². The van der Waals surface area contributed by atoms with Gasteiger partial charge in [0.25, 0.3) is 0 Å². The Morgan fingerprint density at radius 2 is 1.97 bits per heavy atom. The van der Waals surface area contributed by atoms with Crippen molar-refractivity contribution in [2.75, 3.05) is 19.7 Å². The molecule has 1 unspecified atom stereocenters. The lowest BCUT2D eigenvalue weighted by atomic mass is 9.99. The molecule has 8 nitrogen and oxygen atoms in total. The van der Waals surface area contributed by atoms with Crippen LogP contribution in [-0.2, 0) is 11.2 Å². The lowest BCUT2D eigenvalue weighted by molar-refractivity contribution is 0.0519. The van der Waals surface area contributed by atoms with Crippen LogP contribution in [0.1, 0.15) is 58.6 Å². The fourth-order valence-electron chi connectivity index (χ4n) is 3.38. The normalized spacial score (nSPS) is 11.6. The molecule has 0 saturated carbocycles. The minimum absolute atomic E-state index is 0.232. The van der Waals surface area contributed by atoms with Crippen molar-refractivity contribution in [1.82, 2.24) is 20.2 Å². The smallest absolute Gasteiger partial charge is 0.355 e. The lowest BCUT2D eigenvalue weighted by Gasteiger charge is -2.28. The van der Waals surface area contributed by atoms with E-state index in [1.54, 1.807) is 33.9 Å². The Morgan fingerprint density at radius 3 is 2.57 bits per heavy atom. The summed E-state index contributed by atoms with van der Waals surface area (Å²) in [4.78, 5) is 46.9. The Kier molecular flexibility index (Phi) is 8.15. The van der Waals surface area contributed by atoms with E-state index >= 15 is 0 Å². The maximum Gasteiger partial charge on any atom is 0.355 e. The molecule has 2 heterocycles. The third kappa shape index (κ3) is 5.25. The molecule has 0 radical (unpaired) electrons. The third-order valence-electron chi connectivity index (χ3n) is 4.93. The molecule has 0 saturated heterocycles. The van der Waals surface area contributed by atoms with E-state index < -0.39 is 12.0 Å². The molecule has 0 aliphatic carbocycles. The van der Waals surface area contributed by atoms with Crippen molar-refractivity contribution in [3.8, 4) is 0 Å². The van der Waals surface area contributed by atoms with Gasteiger partial charge in [-0.05, 0) is 52.3 Å². The number of ether oxygens (including phenoxy) is 1. The SMILES string of the molecule is CCNC(=O)N(CCc1ccccn1)C(C)C(=O)c1c(C)[nH]c(C(=O)OCC)c1C. The highest BCUT2D eigenvalue weighted by atomic mass is 16.5. The molecule has 8 heteroatoms. The van der Waals surface area contributed by atoms with Crippen LogP contribution in [0.5, 0.6) is 0 Å². The molecule has 1 atom stereocenters. The first-order chi connectivity index (χ1) is 14.3. The minimum Gasteiger partial charge on any atom is -0.461 e. The third-order valence-corrected chi connectivity index (χ3v) is 4.93. The van der Waals surface area contributed by atoms with Crippen molar-refractivity contribution >= 4 is 17.8 Å². The average molecular weight is 415 g/mol. The summed E-state index contributed by atoms with van der Waals surface area (Å²) in [6.45, 7) is 9.73. The van der Waals surface area contributed by atoms with Crippen LogP contribution in [0, 0.1) is 13.8 Å². The van der Waals surface area contributed by atoms with Crippen molar-refractivity contribution in [3.63, 3.8) is 0 Å². The summed E-state index contributed by atoms with van der Waals surface area (Å²) in [5.41, 5.74) is 2.63. The number of urea groups is 1. The number of hydrogen-bond donors (Lipinski definition) is 2. The molecule has 0 fully saturated rings. The number of hydrogen-bond acceptors (Lipinski definition) is 5. The van der Waals surface area contributed by atoms with Gasteiger partial charge in [-0.15, -0.1) is 0 Å². The Bertz CT molecular complexity index is 892. The van der Waals surface area contributed by atoms with Gasteiger partial charge in [0.05, 0.1) is 12.6 Å². The zero-order valence-corrected chi connectivity index (χ0v) is 18.2. The second kappa shape index (κ2) is 10.6. The van der Waals surface area contributed by atoms with Crippen molar-refractivity contribution in [3.05, 3.63) is 52.6 Å². The molecule has 0 aromatic carbocycles. The summed E-state index contributed by atoms with van der Waals surface area (Å²) in [6.07, 6.45) is 2.22. The Labute approximate surface area is 177 Å². The van der Waals surface area contributed by atoms with E-state index in [9.17, 15) is 14.4 Å². The molecule has 2 N–H and O–H groups in total. The quantitative estimate of drug-likeness (QED) is 0.485. The number of carbonyl (C=O) groups excluding carboxylic acids is 3. The van der Waals surface area contributed by atoms with Crippen LogP contribution in [-0.4, -0.2) is 58.4 Å². The van der Waals surface area contributed by atoms with Crippen molar-refractivity contribution < 1.29 is 19.1 Å². The van der Waals surface area contributed by atoms with Crippen molar-refractivity contribution in [2.45, 2.75) is 47.1 Å². The summed E-state index contributed by atoms with van der Waals surface area (Å²) in [6, 6.07) is 4.57. The van der Waals surface area contributed by atoms with Gasteiger partial charge in [0, 0.05) is 42.7 Å². The molecule has 0 aliphatic rings. The minimum atomic E-state index is -0.719. The predicted octanol–water partition coefficient (Wildman–Crippen LogP) is 3.05. The zero-order valence-electron chi connectivity index (χ0n) is 18.2. The number of pyridine rings is 1. The number of rotatable bonds is 9. The van der Waals surface area contributed by atoms with Crippen LogP contribution < -0.4 is 5.32 Å². The number of ketones is 1. The largest absolute Gasteiger partial charge is 0.461 e. The highest BCUT2D eigenvalue weighted by Crippen LogP contribution is 2.22.